The second-order valence-corrected chi connectivity index (χ2v) is 8.36. The van der Waals surface area contributed by atoms with Crippen LogP contribution >= 0.6 is 23.2 Å². The minimum absolute atomic E-state index is 0.300. The van der Waals surface area contributed by atoms with Crippen molar-refractivity contribution in [1.82, 2.24) is 5.43 Å². The van der Waals surface area contributed by atoms with Gasteiger partial charge < -0.3 is 24.8 Å². The van der Waals surface area contributed by atoms with Crippen molar-refractivity contribution in [3.05, 3.63) is 76.3 Å². The number of nitrogens with zero attached hydrogens (tertiary/aromatic N) is 1. The highest BCUT2D eigenvalue weighted by atomic mass is 35.5. The fraction of sp³-hybridized carbons (Fsp3) is 0.154. The SMILES string of the molecule is CCOc1ccccc1NC(=O)C(=O)N/N=C\c1ccc(OCC(=O)Nc2cc(Cl)cc(Cl)c2)c(OC)c1. The molecule has 12 heteroatoms. The van der Waals surface area contributed by atoms with Crippen molar-refractivity contribution in [2.45, 2.75) is 6.92 Å². The van der Waals surface area contributed by atoms with Crippen LogP contribution < -0.4 is 30.3 Å². The molecule has 0 aliphatic rings. The van der Waals surface area contributed by atoms with E-state index in [0.717, 1.165) is 0 Å². The smallest absolute Gasteiger partial charge is 0.329 e. The highest BCUT2D eigenvalue weighted by molar-refractivity contribution is 6.39. The molecule has 0 saturated heterocycles. The molecular formula is C26H24Cl2N4O6. The highest BCUT2D eigenvalue weighted by Crippen LogP contribution is 2.28. The van der Waals surface area contributed by atoms with Gasteiger partial charge >= 0.3 is 11.8 Å². The van der Waals surface area contributed by atoms with Crippen molar-refractivity contribution in [3.8, 4) is 17.2 Å². The summed E-state index contributed by atoms with van der Waals surface area (Å²) in [6, 6.07) is 16.2. The number of para-hydroxylation sites is 2. The number of nitrogens with one attached hydrogen (secondary N) is 3. The van der Waals surface area contributed by atoms with E-state index < -0.39 is 17.7 Å². The summed E-state index contributed by atoms with van der Waals surface area (Å²) in [5, 5.41) is 9.70. The van der Waals surface area contributed by atoms with Gasteiger partial charge in [0.2, 0.25) is 0 Å². The topological polar surface area (TPSA) is 127 Å². The molecule has 0 radical (unpaired) electrons. The van der Waals surface area contributed by atoms with Crippen LogP contribution in [0.3, 0.4) is 0 Å². The second-order valence-electron chi connectivity index (χ2n) is 7.49. The van der Waals surface area contributed by atoms with E-state index >= 15 is 0 Å². The molecule has 0 saturated carbocycles. The molecule has 0 bridgehead atoms. The predicted octanol–water partition coefficient (Wildman–Crippen LogP) is 4.51. The third-order valence-corrected chi connectivity index (χ3v) is 5.15. The van der Waals surface area contributed by atoms with Gasteiger partial charge in [0.05, 0.1) is 25.6 Å². The number of benzene rings is 3. The summed E-state index contributed by atoms with van der Waals surface area (Å²) in [5.41, 5.74) is 3.50. The van der Waals surface area contributed by atoms with E-state index in [4.69, 9.17) is 37.4 Å². The molecule has 0 aromatic heterocycles. The van der Waals surface area contributed by atoms with Gasteiger partial charge in [0.1, 0.15) is 5.75 Å². The van der Waals surface area contributed by atoms with Crippen molar-refractivity contribution >= 4 is 58.5 Å². The van der Waals surface area contributed by atoms with Gasteiger partial charge in [0.25, 0.3) is 5.91 Å². The van der Waals surface area contributed by atoms with E-state index in [1.54, 1.807) is 60.7 Å². The molecule has 10 nitrogen and oxygen atoms in total. The van der Waals surface area contributed by atoms with Gasteiger partial charge in [-0.25, -0.2) is 5.43 Å². The second kappa shape index (κ2) is 13.9. The Morgan fingerprint density at radius 1 is 0.868 bits per heavy atom. The number of ether oxygens (including phenoxy) is 3. The lowest BCUT2D eigenvalue weighted by atomic mass is 10.2. The minimum atomic E-state index is -0.966. The number of hydrazone groups is 1. The maximum Gasteiger partial charge on any atom is 0.329 e. The van der Waals surface area contributed by atoms with Crippen LogP contribution in [0.1, 0.15) is 12.5 Å². The summed E-state index contributed by atoms with van der Waals surface area (Å²) < 4.78 is 16.3. The zero-order valence-electron chi connectivity index (χ0n) is 20.4. The van der Waals surface area contributed by atoms with E-state index in [1.807, 2.05) is 6.92 Å². The Bertz CT molecular complexity index is 1330. The third-order valence-electron chi connectivity index (χ3n) is 4.71. The van der Waals surface area contributed by atoms with Gasteiger partial charge in [-0.05, 0) is 61.0 Å². The maximum atomic E-state index is 12.2. The van der Waals surface area contributed by atoms with Gasteiger partial charge in [-0.2, -0.15) is 5.10 Å². The largest absolute Gasteiger partial charge is 0.493 e. The molecule has 3 N–H and O–H groups in total. The summed E-state index contributed by atoms with van der Waals surface area (Å²) in [7, 11) is 1.43. The average molecular weight is 559 g/mol. The normalized spacial score (nSPS) is 10.5. The van der Waals surface area contributed by atoms with Crippen LogP contribution in [0.5, 0.6) is 17.2 Å². The van der Waals surface area contributed by atoms with Crippen molar-refractivity contribution in [1.29, 1.82) is 0 Å². The van der Waals surface area contributed by atoms with Crippen LogP contribution in [0, 0.1) is 0 Å². The molecule has 38 heavy (non-hydrogen) atoms. The van der Waals surface area contributed by atoms with E-state index in [9.17, 15) is 14.4 Å². The summed E-state index contributed by atoms with van der Waals surface area (Å²) in [4.78, 5) is 36.6. The molecule has 0 spiro atoms. The van der Waals surface area contributed by atoms with Crippen LogP contribution in [0.25, 0.3) is 0 Å². The number of halogens is 2. The Kier molecular flexibility index (Phi) is 10.3. The minimum Gasteiger partial charge on any atom is -0.493 e. The van der Waals surface area contributed by atoms with Crippen LogP contribution in [0.15, 0.2) is 65.8 Å². The quantitative estimate of drug-likeness (QED) is 0.191. The molecule has 0 unspecified atom stereocenters. The van der Waals surface area contributed by atoms with Gasteiger partial charge in [-0.3, -0.25) is 14.4 Å². The van der Waals surface area contributed by atoms with E-state index in [-0.39, 0.29) is 6.61 Å². The molecule has 0 aliphatic carbocycles. The van der Waals surface area contributed by atoms with Crippen LogP contribution in [0.2, 0.25) is 10.0 Å². The summed E-state index contributed by atoms with van der Waals surface area (Å²) in [5.74, 6) is -1.23. The Morgan fingerprint density at radius 2 is 1.61 bits per heavy atom. The molecule has 3 amide bonds. The number of amides is 3. The van der Waals surface area contributed by atoms with Gasteiger partial charge in [0.15, 0.2) is 18.1 Å². The Labute approximate surface area is 228 Å². The Hall–Kier alpha value is -4.28. The van der Waals surface area contributed by atoms with Gasteiger partial charge in [-0.15, -0.1) is 0 Å². The summed E-state index contributed by atoms with van der Waals surface area (Å²) in [6.07, 6.45) is 1.32. The molecular weight excluding hydrogens is 535 g/mol. The van der Waals surface area contributed by atoms with Crippen molar-refractivity contribution < 1.29 is 28.6 Å². The first-order valence-electron chi connectivity index (χ1n) is 11.2. The summed E-state index contributed by atoms with van der Waals surface area (Å²) in [6.45, 7) is 1.91. The number of hydrogen-bond donors (Lipinski definition) is 3. The molecule has 0 heterocycles. The molecule has 0 fully saturated rings. The first-order valence-corrected chi connectivity index (χ1v) is 12.0. The monoisotopic (exact) mass is 558 g/mol. The van der Waals surface area contributed by atoms with Crippen molar-refractivity contribution in [2.75, 3.05) is 31.0 Å². The molecule has 0 atom stereocenters. The first kappa shape index (κ1) is 28.3. The Morgan fingerprint density at radius 3 is 2.32 bits per heavy atom. The van der Waals surface area contributed by atoms with Crippen LogP contribution in [-0.4, -0.2) is 44.3 Å². The standard InChI is InChI=1S/C26H24Cl2N4O6/c1-3-37-21-7-5-4-6-20(21)31-25(34)26(35)32-29-14-16-8-9-22(23(10-16)36-2)38-15-24(33)30-19-12-17(27)11-18(28)13-19/h4-14H,3,15H2,1-2H3,(H,30,33)(H,31,34)(H,32,35)/b29-14-. The lowest BCUT2D eigenvalue weighted by Gasteiger charge is -2.12. The number of rotatable bonds is 10. The number of carbonyl (C=O) groups excluding carboxylic acids is 3. The fourth-order valence-electron chi connectivity index (χ4n) is 3.10. The zero-order valence-corrected chi connectivity index (χ0v) is 21.9. The average Bonchev–Trinajstić information content (AvgIpc) is 2.88. The lowest BCUT2D eigenvalue weighted by molar-refractivity contribution is -0.136. The number of anilines is 2. The van der Waals surface area contributed by atoms with E-state index in [2.05, 4.69) is 21.2 Å². The van der Waals surface area contributed by atoms with E-state index in [1.165, 1.54) is 13.3 Å². The van der Waals surface area contributed by atoms with Crippen molar-refractivity contribution in [2.24, 2.45) is 5.10 Å². The fourth-order valence-corrected chi connectivity index (χ4v) is 3.62. The predicted molar refractivity (Wildman–Crippen MR) is 146 cm³/mol. The number of hydrogen-bond acceptors (Lipinski definition) is 7. The Balaban J connectivity index is 1.54. The highest BCUT2D eigenvalue weighted by Gasteiger charge is 2.15. The maximum absolute atomic E-state index is 12.2. The zero-order chi connectivity index (χ0) is 27.5. The number of methoxy groups -OCH3 is 1. The molecule has 3 rings (SSSR count). The van der Waals surface area contributed by atoms with Crippen LogP contribution in [0.4, 0.5) is 11.4 Å². The third kappa shape index (κ3) is 8.39. The molecule has 3 aromatic carbocycles. The number of carbonyl (C=O) groups is 3. The molecule has 0 aliphatic heterocycles. The van der Waals surface area contributed by atoms with Crippen LogP contribution in [-0.2, 0) is 14.4 Å². The molecule has 3 aromatic rings. The summed E-state index contributed by atoms with van der Waals surface area (Å²) >= 11 is 11.9. The lowest BCUT2D eigenvalue weighted by Crippen LogP contribution is -2.32. The van der Waals surface area contributed by atoms with Gasteiger partial charge in [0, 0.05) is 15.7 Å². The molecule has 198 valence electrons. The first-order chi connectivity index (χ1) is 18.3. The van der Waals surface area contributed by atoms with E-state index in [0.29, 0.717) is 50.8 Å². The van der Waals surface area contributed by atoms with Crippen molar-refractivity contribution in [3.63, 3.8) is 0 Å². The van der Waals surface area contributed by atoms with Gasteiger partial charge in [-0.1, -0.05) is 35.3 Å².